The Balaban J connectivity index is 3.24. The minimum absolute atomic E-state index is 0.663. The van der Waals surface area contributed by atoms with Gasteiger partial charge in [0, 0.05) is 6.42 Å². The summed E-state index contributed by atoms with van der Waals surface area (Å²) in [6, 6.07) is 0. The van der Waals surface area contributed by atoms with E-state index in [0.717, 1.165) is 12.7 Å². The Labute approximate surface area is 50.4 Å². The van der Waals surface area contributed by atoms with Gasteiger partial charge in [-0.3, -0.25) is 0 Å². The number of aldehydes is 1. The van der Waals surface area contributed by atoms with E-state index in [9.17, 15) is 4.79 Å². The molecule has 0 saturated carbocycles. The van der Waals surface area contributed by atoms with E-state index in [1.165, 1.54) is 5.57 Å². The fourth-order valence-corrected chi connectivity index (χ4v) is 0.431. The summed E-state index contributed by atoms with van der Waals surface area (Å²) in [5.41, 5.74) is 1.29. The molecule has 46 valence electrons. The highest BCUT2D eigenvalue weighted by Gasteiger charge is 1.83. The summed E-state index contributed by atoms with van der Waals surface area (Å²) in [5, 5.41) is 0. The first-order valence-electron chi connectivity index (χ1n) is 2.86. The highest BCUT2D eigenvalue weighted by Crippen LogP contribution is 1.99. The van der Waals surface area contributed by atoms with E-state index in [0.29, 0.717) is 6.42 Å². The molecule has 0 bridgehead atoms. The van der Waals surface area contributed by atoms with Gasteiger partial charge >= 0.3 is 0 Å². The van der Waals surface area contributed by atoms with Crippen LogP contribution in [0.4, 0.5) is 0 Å². The van der Waals surface area contributed by atoms with Crippen molar-refractivity contribution < 1.29 is 4.79 Å². The van der Waals surface area contributed by atoms with Crippen LogP contribution in [-0.4, -0.2) is 6.29 Å². The van der Waals surface area contributed by atoms with Crippen LogP contribution in [0.15, 0.2) is 11.6 Å². The minimum Gasteiger partial charge on any atom is -0.303 e. The number of hydrogen-bond donors (Lipinski definition) is 0. The van der Waals surface area contributed by atoms with Gasteiger partial charge in [0.1, 0.15) is 6.29 Å². The highest BCUT2D eigenvalue weighted by atomic mass is 16.1. The van der Waals surface area contributed by atoms with Crippen LogP contribution in [0.2, 0.25) is 0 Å². The van der Waals surface area contributed by atoms with Crippen LogP contribution in [0.3, 0.4) is 0 Å². The smallest absolute Gasteiger partial charge is 0.120 e. The van der Waals surface area contributed by atoms with E-state index in [1.54, 1.807) is 0 Å². The second kappa shape index (κ2) is 4.57. The average molecular weight is 112 g/mol. The molecule has 0 unspecified atom stereocenters. The van der Waals surface area contributed by atoms with Crippen molar-refractivity contribution in [3.63, 3.8) is 0 Å². The number of rotatable bonds is 3. The molecule has 1 nitrogen and oxygen atoms in total. The molecule has 0 aliphatic heterocycles. The Kier molecular flexibility index (Phi) is 4.23. The maximum Gasteiger partial charge on any atom is 0.120 e. The predicted octanol–water partition coefficient (Wildman–Crippen LogP) is 1.93. The summed E-state index contributed by atoms with van der Waals surface area (Å²) in [7, 11) is 0. The van der Waals surface area contributed by atoms with E-state index in [-0.39, 0.29) is 0 Å². The van der Waals surface area contributed by atoms with E-state index in [1.807, 2.05) is 19.9 Å². The van der Waals surface area contributed by atoms with Crippen molar-refractivity contribution in [2.45, 2.75) is 26.7 Å². The lowest BCUT2D eigenvalue weighted by Crippen LogP contribution is -1.76. The SMILES string of the molecule is C/C=C(\C)CCC=O. The van der Waals surface area contributed by atoms with E-state index < -0.39 is 0 Å². The molecule has 8 heavy (non-hydrogen) atoms. The molecule has 0 fully saturated rings. The molecule has 0 saturated heterocycles. The second-order valence-electron chi connectivity index (χ2n) is 1.84. The van der Waals surface area contributed by atoms with Crippen molar-refractivity contribution >= 4 is 6.29 Å². The number of allylic oxidation sites excluding steroid dienone is 2. The zero-order valence-electron chi connectivity index (χ0n) is 5.48. The van der Waals surface area contributed by atoms with Crippen LogP contribution in [0.25, 0.3) is 0 Å². The lowest BCUT2D eigenvalue weighted by atomic mass is 10.2. The largest absolute Gasteiger partial charge is 0.303 e. The molecule has 0 aromatic carbocycles. The Morgan fingerprint density at radius 1 is 1.62 bits per heavy atom. The second-order valence-corrected chi connectivity index (χ2v) is 1.84. The summed E-state index contributed by atoms with van der Waals surface area (Å²) in [6.07, 6.45) is 4.56. The maximum absolute atomic E-state index is 9.80. The highest BCUT2D eigenvalue weighted by molar-refractivity contribution is 5.49. The Morgan fingerprint density at radius 3 is 2.62 bits per heavy atom. The molecular weight excluding hydrogens is 100 g/mol. The van der Waals surface area contributed by atoms with Crippen molar-refractivity contribution in [3.8, 4) is 0 Å². The first-order valence-corrected chi connectivity index (χ1v) is 2.86. The van der Waals surface area contributed by atoms with Gasteiger partial charge in [-0.2, -0.15) is 0 Å². The van der Waals surface area contributed by atoms with E-state index in [4.69, 9.17) is 0 Å². The van der Waals surface area contributed by atoms with Crippen molar-refractivity contribution in [2.24, 2.45) is 0 Å². The molecule has 0 radical (unpaired) electrons. The van der Waals surface area contributed by atoms with Crippen LogP contribution >= 0.6 is 0 Å². The molecule has 0 rings (SSSR count). The Morgan fingerprint density at radius 2 is 2.25 bits per heavy atom. The maximum atomic E-state index is 9.80. The first kappa shape index (κ1) is 7.41. The fourth-order valence-electron chi connectivity index (χ4n) is 0.431. The summed E-state index contributed by atoms with van der Waals surface area (Å²) in [5.74, 6) is 0. The monoisotopic (exact) mass is 112 g/mol. The molecule has 0 atom stereocenters. The predicted molar refractivity (Wildman–Crippen MR) is 34.7 cm³/mol. The van der Waals surface area contributed by atoms with Gasteiger partial charge in [-0.1, -0.05) is 11.6 Å². The normalized spacial score (nSPS) is 11.5. The standard InChI is InChI=1S/C7H12O/c1-3-7(2)5-4-6-8/h3,6H,4-5H2,1-2H3/b7-3+. The zero-order valence-corrected chi connectivity index (χ0v) is 5.48. The minimum atomic E-state index is 0.663. The topological polar surface area (TPSA) is 17.1 Å². The quantitative estimate of drug-likeness (QED) is 0.402. The third kappa shape index (κ3) is 3.59. The van der Waals surface area contributed by atoms with Crippen molar-refractivity contribution in [1.82, 2.24) is 0 Å². The van der Waals surface area contributed by atoms with Gasteiger partial charge in [0.2, 0.25) is 0 Å². The van der Waals surface area contributed by atoms with Crippen LogP contribution in [0.5, 0.6) is 0 Å². The van der Waals surface area contributed by atoms with Gasteiger partial charge in [-0.05, 0) is 20.3 Å². The molecule has 0 amide bonds. The lowest BCUT2D eigenvalue weighted by molar-refractivity contribution is -0.107. The van der Waals surface area contributed by atoms with Gasteiger partial charge in [0.25, 0.3) is 0 Å². The molecule has 0 heterocycles. The summed E-state index contributed by atoms with van der Waals surface area (Å²) in [6.45, 7) is 4.02. The van der Waals surface area contributed by atoms with Gasteiger partial charge in [0.15, 0.2) is 0 Å². The molecule has 0 N–H and O–H groups in total. The third-order valence-corrected chi connectivity index (χ3v) is 1.15. The number of hydrogen-bond acceptors (Lipinski definition) is 1. The molecule has 0 aromatic rings. The fraction of sp³-hybridized carbons (Fsp3) is 0.571. The lowest BCUT2D eigenvalue weighted by Gasteiger charge is -1.90. The zero-order chi connectivity index (χ0) is 6.41. The molecule has 0 aliphatic carbocycles. The van der Waals surface area contributed by atoms with Crippen LogP contribution in [-0.2, 0) is 4.79 Å². The molecule has 0 aromatic heterocycles. The molecular formula is C7H12O. The summed E-state index contributed by atoms with van der Waals surface area (Å²) in [4.78, 5) is 9.80. The van der Waals surface area contributed by atoms with Crippen LogP contribution in [0, 0.1) is 0 Å². The van der Waals surface area contributed by atoms with Crippen molar-refractivity contribution in [3.05, 3.63) is 11.6 Å². The third-order valence-electron chi connectivity index (χ3n) is 1.15. The van der Waals surface area contributed by atoms with Gasteiger partial charge in [0.05, 0.1) is 0 Å². The average Bonchev–Trinajstić information content (AvgIpc) is 1.83. The van der Waals surface area contributed by atoms with E-state index in [2.05, 4.69) is 0 Å². The molecule has 0 spiro atoms. The van der Waals surface area contributed by atoms with Crippen LogP contribution in [0.1, 0.15) is 26.7 Å². The van der Waals surface area contributed by atoms with E-state index >= 15 is 0 Å². The van der Waals surface area contributed by atoms with Crippen molar-refractivity contribution in [1.29, 1.82) is 0 Å². The van der Waals surface area contributed by atoms with Gasteiger partial charge in [-0.15, -0.1) is 0 Å². The summed E-state index contributed by atoms with van der Waals surface area (Å²) >= 11 is 0. The molecule has 0 aliphatic rings. The van der Waals surface area contributed by atoms with Gasteiger partial charge in [-0.25, -0.2) is 0 Å². The van der Waals surface area contributed by atoms with Crippen molar-refractivity contribution in [2.75, 3.05) is 0 Å². The van der Waals surface area contributed by atoms with Crippen LogP contribution < -0.4 is 0 Å². The Bertz CT molecular complexity index is 92.6. The first-order chi connectivity index (χ1) is 3.81. The van der Waals surface area contributed by atoms with Gasteiger partial charge < -0.3 is 4.79 Å². The molecule has 1 heteroatoms. The number of carbonyl (C=O) groups excluding carboxylic acids is 1. The number of carbonyl (C=O) groups is 1. The Hall–Kier alpha value is -0.590. The summed E-state index contributed by atoms with van der Waals surface area (Å²) < 4.78 is 0.